The average molecular weight is 815 g/mol. The van der Waals surface area contributed by atoms with Gasteiger partial charge in [0.15, 0.2) is 0 Å². The van der Waals surface area contributed by atoms with Gasteiger partial charge in [-0.05, 0) is 77.0 Å². The Bertz CT molecular complexity index is 1120. The number of ether oxygens (including phenoxy) is 1. The summed E-state index contributed by atoms with van der Waals surface area (Å²) in [4.78, 5) is 47.5. The van der Waals surface area contributed by atoms with E-state index in [2.05, 4.69) is 73.1 Å². The highest BCUT2D eigenvalue weighted by molar-refractivity contribution is 5.87. The predicted octanol–water partition coefficient (Wildman–Crippen LogP) is 11.9. The Hall–Kier alpha value is -3.20. The largest absolute Gasteiger partial charge is 0.480 e. The quantitative estimate of drug-likeness (QED) is 0.0273. The lowest BCUT2D eigenvalue weighted by Crippen LogP contribution is -2.47. The molecule has 334 valence electrons. The van der Waals surface area contributed by atoms with Gasteiger partial charge in [0.1, 0.15) is 12.1 Å². The first kappa shape index (κ1) is 54.8. The lowest BCUT2D eigenvalue weighted by atomic mass is 10.0. The number of carbonyl (C=O) groups is 4. The van der Waals surface area contributed by atoms with Crippen molar-refractivity contribution in [3.05, 3.63) is 48.6 Å². The molecule has 0 spiro atoms. The Morgan fingerprint density at radius 3 is 1.48 bits per heavy atom. The smallest absolute Gasteiger partial charge is 0.328 e. The van der Waals surface area contributed by atoms with Crippen LogP contribution >= 0.6 is 0 Å². The van der Waals surface area contributed by atoms with E-state index in [0.717, 1.165) is 83.5 Å². The molecule has 2 unspecified atom stereocenters. The van der Waals surface area contributed by atoms with Crippen molar-refractivity contribution in [2.24, 2.45) is 0 Å². The number of rotatable bonds is 42. The van der Waals surface area contributed by atoms with Crippen molar-refractivity contribution >= 4 is 23.8 Å². The fourth-order valence-electron chi connectivity index (χ4n) is 6.77. The van der Waals surface area contributed by atoms with Crippen LogP contribution in [0, 0.1) is 0 Å². The predicted molar refractivity (Wildman–Crippen MR) is 241 cm³/mol. The number of aliphatic carboxylic acids is 1. The van der Waals surface area contributed by atoms with Crippen LogP contribution in [0.3, 0.4) is 0 Å². The summed E-state index contributed by atoms with van der Waals surface area (Å²) in [7, 11) is 0. The van der Waals surface area contributed by atoms with Gasteiger partial charge in [0.2, 0.25) is 11.8 Å². The topological polar surface area (TPSA) is 142 Å². The van der Waals surface area contributed by atoms with Crippen LogP contribution in [0.1, 0.15) is 213 Å². The molecule has 0 fully saturated rings. The van der Waals surface area contributed by atoms with E-state index < -0.39 is 24.5 Å². The minimum atomic E-state index is -1.38. The van der Waals surface area contributed by atoms with Gasteiger partial charge in [0, 0.05) is 12.8 Å². The van der Waals surface area contributed by atoms with Crippen LogP contribution in [0.2, 0.25) is 0 Å². The van der Waals surface area contributed by atoms with Gasteiger partial charge >= 0.3 is 11.9 Å². The number of aliphatic hydroxyl groups is 1. The van der Waals surface area contributed by atoms with Gasteiger partial charge in [-0.2, -0.15) is 0 Å². The summed E-state index contributed by atoms with van der Waals surface area (Å²) in [6.45, 7) is 3.36. The number of carboxylic acids is 1. The molecule has 2 atom stereocenters. The number of hydrogen-bond donors (Lipinski definition) is 4. The maximum Gasteiger partial charge on any atom is 0.328 e. The zero-order valence-electron chi connectivity index (χ0n) is 37.0. The van der Waals surface area contributed by atoms with E-state index in [1.807, 2.05) is 0 Å². The van der Waals surface area contributed by atoms with Crippen LogP contribution in [-0.2, 0) is 23.9 Å². The molecule has 0 heterocycles. The molecule has 4 N–H and O–H groups in total. The highest BCUT2D eigenvalue weighted by Gasteiger charge is 2.19. The van der Waals surface area contributed by atoms with E-state index in [1.54, 1.807) is 0 Å². The first-order chi connectivity index (χ1) is 28.3. The molecule has 0 saturated carbocycles. The van der Waals surface area contributed by atoms with E-state index in [4.69, 9.17) is 14.9 Å². The molecule has 0 rings (SSSR count). The third kappa shape index (κ3) is 39.6. The highest BCUT2D eigenvalue weighted by atomic mass is 16.5. The second kappa shape index (κ2) is 43.4. The normalized spacial score (nSPS) is 12.9. The van der Waals surface area contributed by atoms with Gasteiger partial charge in [0.25, 0.3) is 0 Å². The second-order valence-corrected chi connectivity index (χ2v) is 15.8. The lowest BCUT2D eigenvalue weighted by molar-refractivity contribution is -0.150. The summed E-state index contributed by atoms with van der Waals surface area (Å²) in [5, 5.41) is 22.5. The molecular formula is C49H86N2O7. The molecule has 0 radical (unpaired) electrons. The SMILES string of the molecule is CC/C=C\C/C=C\C/C=C\C/C=C\CCCCCCCCCCCCC(=O)OC(CCCCCCCCC)CCCCCCCC(=O)NCC(=O)NC(CO)C(=O)O. The molecule has 0 aliphatic heterocycles. The number of carboxylic acid groups (broad SMARTS) is 1. The Morgan fingerprint density at radius 1 is 0.534 bits per heavy atom. The summed E-state index contributed by atoms with van der Waals surface area (Å²) in [6.07, 6.45) is 51.5. The molecule has 0 saturated heterocycles. The van der Waals surface area contributed by atoms with Crippen molar-refractivity contribution in [3.63, 3.8) is 0 Å². The molecule has 0 bridgehead atoms. The number of carbonyl (C=O) groups excluding carboxylic acids is 3. The van der Waals surface area contributed by atoms with Crippen molar-refractivity contribution < 1.29 is 34.1 Å². The maximum absolute atomic E-state index is 12.8. The molecule has 58 heavy (non-hydrogen) atoms. The fourth-order valence-corrected chi connectivity index (χ4v) is 6.77. The number of aliphatic hydroxyl groups excluding tert-OH is 1. The van der Waals surface area contributed by atoms with Crippen molar-refractivity contribution in [3.8, 4) is 0 Å². The summed E-state index contributed by atoms with van der Waals surface area (Å²) >= 11 is 0. The van der Waals surface area contributed by atoms with Gasteiger partial charge in [-0.25, -0.2) is 4.79 Å². The monoisotopic (exact) mass is 815 g/mol. The Kier molecular flexibility index (Phi) is 41.0. The van der Waals surface area contributed by atoms with Crippen LogP contribution in [0.15, 0.2) is 48.6 Å². The van der Waals surface area contributed by atoms with Crippen molar-refractivity contribution in [2.45, 2.75) is 225 Å². The minimum absolute atomic E-state index is 0.0134. The van der Waals surface area contributed by atoms with Crippen LogP contribution in [0.25, 0.3) is 0 Å². The number of amides is 2. The summed E-state index contributed by atoms with van der Waals surface area (Å²) in [5.74, 6) is -2.29. The third-order valence-electron chi connectivity index (χ3n) is 10.3. The number of esters is 1. The van der Waals surface area contributed by atoms with Gasteiger partial charge in [-0.1, -0.05) is 172 Å². The fraction of sp³-hybridized carbons (Fsp3) is 0.755. The van der Waals surface area contributed by atoms with Gasteiger partial charge in [-0.3, -0.25) is 14.4 Å². The van der Waals surface area contributed by atoms with Gasteiger partial charge in [0.05, 0.1) is 13.2 Å². The maximum atomic E-state index is 12.8. The zero-order valence-corrected chi connectivity index (χ0v) is 37.0. The number of hydrogen-bond acceptors (Lipinski definition) is 6. The number of nitrogens with one attached hydrogen (secondary N) is 2. The van der Waals surface area contributed by atoms with Gasteiger partial charge in [-0.15, -0.1) is 0 Å². The zero-order chi connectivity index (χ0) is 42.6. The molecule has 0 aromatic carbocycles. The van der Waals surface area contributed by atoms with Crippen molar-refractivity contribution in [1.82, 2.24) is 10.6 Å². The molecule has 2 amide bonds. The Morgan fingerprint density at radius 2 is 0.983 bits per heavy atom. The molecule has 0 aromatic rings. The van der Waals surface area contributed by atoms with E-state index >= 15 is 0 Å². The molecule has 0 aliphatic carbocycles. The van der Waals surface area contributed by atoms with Crippen LogP contribution < -0.4 is 10.6 Å². The van der Waals surface area contributed by atoms with Crippen LogP contribution in [-0.4, -0.2) is 59.3 Å². The van der Waals surface area contributed by atoms with E-state index in [-0.39, 0.29) is 24.5 Å². The summed E-state index contributed by atoms with van der Waals surface area (Å²) < 4.78 is 6.01. The number of allylic oxidation sites excluding steroid dienone is 8. The lowest BCUT2D eigenvalue weighted by Gasteiger charge is -2.18. The van der Waals surface area contributed by atoms with Crippen molar-refractivity contribution in [1.29, 1.82) is 0 Å². The third-order valence-corrected chi connectivity index (χ3v) is 10.3. The molecule has 9 nitrogen and oxygen atoms in total. The van der Waals surface area contributed by atoms with Gasteiger partial charge < -0.3 is 25.6 Å². The molecule has 0 aromatic heterocycles. The minimum Gasteiger partial charge on any atom is -0.480 e. The summed E-state index contributed by atoms with van der Waals surface area (Å²) in [5.41, 5.74) is 0. The average Bonchev–Trinajstić information content (AvgIpc) is 3.21. The number of unbranched alkanes of at least 4 members (excludes halogenated alkanes) is 20. The highest BCUT2D eigenvalue weighted by Crippen LogP contribution is 2.19. The standard InChI is InChI=1S/C49H86N2O7/c1-3-5-7-9-11-12-13-14-15-16-17-18-19-20-21-22-23-24-25-26-28-33-37-41-48(55)58-44(38-34-30-27-10-8-6-4-2)39-35-31-29-32-36-40-46(53)50-42-47(54)51-45(43-52)49(56)57/h5,7,11-12,14-15,17-18,44-45,52H,3-4,6,8-10,13,16,19-43H2,1-2H3,(H,50,53)(H,51,54)(H,56,57)/b7-5-,12-11-,15-14-,18-17-. The first-order valence-corrected chi connectivity index (χ1v) is 23.5. The Labute approximate surface area is 354 Å². The van der Waals surface area contributed by atoms with E-state index in [9.17, 15) is 19.2 Å². The van der Waals surface area contributed by atoms with E-state index in [0.29, 0.717) is 19.3 Å². The molecule has 0 aliphatic rings. The first-order valence-electron chi connectivity index (χ1n) is 23.5. The molecule has 9 heteroatoms. The second-order valence-electron chi connectivity index (χ2n) is 15.8. The van der Waals surface area contributed by atoms with Crippen LogP contribution in [0.5, 0.6) is 0 Å². The van der Waals surface area contributed by atoms with Crippen molar-refractivity contribution in [2.75, 3.05) is 13.2 Å². The molecular weight excluding hydrogens is 729 g/mol. The summed E-state index contributed by atoms with van der Waals surface area (Å²) in [6, 6.07) is -1.38. The van der Waals surface area contributed by atoms with E-state index in [1.165, 1.54) is 96.3 Å². The van der Waals surface area contributed by atoms with Crippen LogP contribution in [0.4, 0.5) is 0 Å². The Balaban J connectivity index is 4.06.